The smallest absolute Gasteiger partial charge is 0.125 e. The van der Waals surface area contributed by atoms with Crippen molar-refractivity contribution in [1.82, 2.24) is 0 Å². The van der Waals surface area contributed by atoms with E-state index in [4.69, 9.17) is 11.6 Å². The van der Waals surface area contributed by atoms with E-state index in [0.29, 0.717) is 5.02 Å². The molecule has 0 saturated heterocycles. The van der Waals surface area contributed by atoms with E-state index in [-0.39, 0.29) is 0 Å². The molecule has 2 rings (SSSR count). The predicted molar refractivity (Wildman–Crippen MR) is 71.1 cm³/mol. The third-order valence-corrected chi connectivity index (χ3v) is 3.61. The summed E-state index contributed by atoms with van der Waals surface area (Å²) in [5.41, 5.74) is 0.544. The van der Waals surface area contributed by atoms with Crippen LogP contribution in [0.3, 0.4) is 0 Å². The van der Waals surface area contributed by atoms with Crippen LogP contribution in [-0.2, 0) is 0 Å². The largest absolute Gasteiger partial charge is 0.367 e. The van der Waals surface area contributed by atoms with Gasteiger partial charge in [-0.15, -0.1) is 0 Å². The van der Waals surface area contributed by atoms with E-state index in [9.17, 15) is 5.26 Å². The van der Waals surface area contributed by atoms with Gasteiger partial charge in [0.15, 0.2) is 0 Å². The molecule has 1 saturated carbocycles. The van der Waals surface area contributed by atoms with Crippen molar-refractivity contribution in [3.8, 4) is 6.07 Å². The molecule has 0 radical (unpaired) electrons. The fraction of sp³-hybridized carbons (Fsp3) is 0.500. The molecule has 1 aromatic carbocycles. The molecular formula is C14H17ClN2. The lowest BCUT2D eigenvalue weighted by Gasteiger charge is -2.27. The molecule has 0 aliphatic heterocycles. The predicted octanol–water partition coefficient (Wildman–Crippen LogP) is 4.37. The topological polar surface area (TPSA) is 35.8 Å². The van der Waals surface area contributed by atoms with Crippen LogP contribution in [0, 0.1) is 11.3 Å². The molecule has 90 valence electrons. The van der Waals surface area contributed by atoms with Gasteiger partial charge >= 0.3 is 0 Å². The number of rotatable bonds is 2. The summed E-state index contributed by atoms with van der Waals surface area (Å²) in [6.45, 7) is 0. The third-order valence-electron chi connectivity index (χ3n) is 3.38. The highest BCUT2D eigenvalue weighted by molar-refractivity contribution is 6.30. The maximum Gasteiger partial charge on any atom is 0.125 e. The zero-order valence-electron chi connectivity index (χ0n) is 9.88. The minimum absolute atomic E-state index is 0.402. The average molecular weight is 249 g/mol. The van der Waals surface area contributed by atoms with Crippen LogP contribution in [0.4, 0.5) is 5.69 Å². The first-order chi connectivity index (χ1) is 8.24. The minimum atomic E-state index is -0.402. The van der Waals surface area contributed by atoms with Crippen molar-refractivity contribution >= 4 is 17.3 Å². The molecule has 17 heavy (non-hydrogen) atoms. The molecule has 0 aromatic heterocycles. The molecule has 0 spiro atoms. The summed E-state index contributed by atoms with van der Waals surface area (Å²) >= 11 is 5.96. The molecule has 1 aliphatic carbocycles. The maximum absolute atomic E-state index is 9.45. The van der Waals surface area contributed by atoms with E-state index in [1.165, 1.54) is 12.8 Å². The summed E-state index contributed by atoms with van der Waals surface area (Å²) in [6.07, 6.45) is 6.58. The van der Waals surface area contributed by atoms with E-state index in [2.05, 4.69) is 11.4 Å². The van der Waals surface area contributed by atoms with E-state index >= 15 is 0 Å². The van der Waals surface area contributed by atoms with Gasteiger partial charge < -0.3 is 5.32 Å². The van der Waals surface area contributed by atoms with Gasteiger partial charge in [0.1, 0.15) is 5.54 Å². The second kappa shape index (κ2) is 5.42. The van der Waals surface area contributed by atoms with Crippen LogP contribution < -0.4 is 5.32 Å². The van der Waals surface area contributed by atoms with E-state index < -0.39 is 5.54 Å². The number of halogens is 1. The lowest BCUT2D eigenvalue weighted by Crippen LogP contribution is -2.35. The molecule has 2 nitrogen and oxygen atoms in total. The van der Waals surface area contributed by atoms with Crippen molar-refractivity contribution < 1.29 is 0 Å². The normalized spacial score (nSPS) is 19.1. The Balaban J connectivity index is 2.16. The number of hydrogen-bond acceptors (Lipinski definition) is 2. The van der Waals surface area contributed by atoms with Crippen LogP contribution in [0.5, 0.6) is 0 Å². The minimum Gasteiger partial charge on any atom is -0.367 e. The SMILES string of the molecule is N#CC1(Nc2cccc(Cl)c2)CCCCCC1. The molecule has 1 aromatic rings. The summed E-state index contributed by atoms with van der Waals surface area (Å²) < 4.78 is 0. The Bertz CT molecular complexity index is 414. The standard InChI is InChI=1S/C14H17ClN2/c15-12-6-5-7-13(10-12)17-14(11-16)8-3-1-2-4-9-14/h5-7,10,17H,1-4,8-9H2. The van der Waals surface area contributed by atoms with Gasteiger partial charge in [-0.25, -0.2) is 0 Å². The van der Waals surface area contributed by atoms with Gasteiger partial charge in [0.25, 0.3) is 0 Å². The number of anilines is 1. The van der Waals surface area contributed by atoms with Crippen LogP contribution in [-0.4, -0.2) is 5.54 Å². The second-order valence-corrected chi connectivity index (χ2v) is 5.18. The van der Waals surface area contributed by atoms with Gasteiger partial charge in [-0.1, -0.05) is 43.4 Å². The molecule has 1 fully saturated rings. The molecule has 0 heterocycles. The van der Waals surface area contributed by atoms with E-state index in [0.717, 1.165) is 31.4 Å². The zero-order valence-corrected chi connectivity index (χ0v) is 10.6. The van der Waals surface area contributed by atoms with Crippen molar-refractivity contribution in [2.45, 2.75) is 44.1 Å². The Labute approximate surface area is 108 Å². The second-order valence-electron chi connectivity index (χ2n) is 4.74. The Morgan fingerprint density at radius 2 is 1.88 bits per heavy atom. The van der Waals surface area contributed by atoms with Gasteiger partial charge in [-0.3, -0.25) is 0 Å². The summed E-state index contributed by atoms with van der Waals surface area (Å²) in [5.74, 6) is 0. The lowest BCUT2D eigenvalue weighted by molar-refractivity contribution is 0.510. The van der Waals surface area contributed by atoms with Gasteiger partial charge in [0.2, 0.25) is 0 Å². The molecule has 0 amide bonds. The van der Waals surface area contributed by atoms with Crippen molar-refractivity contribution in [3.63, 3.8) is 0 Å². The summed E-state index contributed by atoms with van der Waals surface area (Å²) in [7, 11) is 0. The van der Waals surface area contributed by atoms with E-state index in [1.807, 2.05) is 24.3 Å². The summed E-state index contributed by atoms with van der Waals surface area (Å²) in [4.78, 5) is 0. The fourth-order valence-corrected chi connectivity index (χ4v) is 2.63. The quantitative estimate of drug-likeness (QED) is 0.789. The first kappa shape index (κ1) is 12.3. The Kier molecular flexibility index (Phi) is 3.91. The maximum atomic E-state index is 9.45. The molecule has 0 bridgehead atoms. The first-order valence-electron chi connectivity index (χ1n) is 6.19. The van der Waals surface area contributed by atoms with Crippen LogP contribution in [0.1, 0.15) is 38.5 Å². The zero-order chi connectivity index (χ0) is 12.1. The highest BCUT2D eigenvalue weighted by Crippen LogP contribution is 2.30. The monoisotopic (exact) mass is 248 g/mol. The number of benzene rings is 1. The number of nitriles is 1. The fourth-order valence-electron chi connectivity index (χ4n) is 2.44. The Morgan fingerprint density at radius 1 is 1.18 bits per heavy atom. The number of nitrogens with zero attached hydrogens (tertiary/aromatic N) is 1. The van der Waals surface area contributed by atoms with Crippen molar-refractivity contribution in [2.24, 2.45) is 0 Å². The highest BCUT2D eigenvalue weighted by atomic mass is 35.5. The average Bonchev–Trinajstić information content (AvgIpc) is 2.55. The number of nitrogens with one attached hydrogen (secondary N) is 1. The lowest BCUT2D eigenvalue weighted by atomic mass is 9.91. The van der Waals surface area contributed by atoms with Crippen LogP contribution in [0.25, 0.3) is 0 Å². The van der Waals surface area contributed by atoms with Gasteiger partial charge in [-0.2, -0.15) is 5.26 Å². The molecule has 1 N–H and O–H groups in total. The van der Waals surface area contributed by atoms with Crippen LogP contribution >= 0.6 is 11.6 Å². The third kappa shape index (κ3) is 3.14. The highest BCUT2D eigenvalue weighted by Gasteiger charge is 2.30. The first-order valence-corrected chi connectivity index (χ1v) is 6.57. The Hall–Kier alpha value is -1.20. The summed E-state index contributed by atoms with van der Waals surface area (Å²) in [5, 5.41) is 13.5. The molecule has 1 aliphatic rings. The van der Waals surface area contributed by atoms with Crippen molar-refractivity contribution in [1.29, 1.82) is 5.26 Å². The van der Waals surface area contributed by atoms with Gasteiger partial charge in [0, 0.05) is 10.7 Å². The molecule has 0 atom stereocenters. The van der Waals surface area contributed by atoms with Crippen LogP contribution in [0.15, 0.2) is 24.3 Å². The van der Waals surface area contributed by atoms with E-state index in [1.54, 1.807) is 0 Å². The van der Waals surface area contributed by atoms with Crippen molar-refractivity contribution in [3.05, 3.63) is 29.3 Å². The number of hydrogen-bond donors (Lipinski definition) is 1. The Morgan fingerprint density at radius 3 is 2.47 bits per heavy atom. The summed E-state index contributed by atoms with van der Waals surface area (Å²) in [6, 6.07) is 10.1. The molecule has 0 unspecified atom stereocenters. The van der Waals surface area contributed by atoms with Crippen LogP contribution in [0.2, 0.25) is 5.02 Å². The van der Waals surface area contributed by atoms with Crippen molar-refractivity contribution in [2.75, 3.05) is 5.32 Å². The van der Waals surface area contributed by atoms with Gasteiger partial charge in [-0.05, 0) is 31.0 Å². The molecule has 3 heteroatoms. The molecular weight excluding hydrogens is 232 g/mol. The van der Waals surface area contributed by atoms with Gasteiger partial charge in [0.05, 0.1) is 6.07 Å².